The molecule has 0 saturated carbocycles. The van der Waals surface area contributed by atoms with E-state index in [9.17, 15) is 14.4 Å². The van der Waals surface area contributed by atoms with Gasteiger partial charge in [-0.1, -0.05) is 0 Å². The fourth-order valence-electron chi connectivity index (χ4n) is 1.74. The van der Waals surface area contributed by atoms with Crippen molar-refractivity contribution >= 4 is 22.9 Å². The molecule has 0 amide bonds. The molecule has 1 heterocycles. The van der Waals surface area contributed by atoms with Crippen LogP contribution in [0.3, 0.4) is 0 Å². The average Bonchev–Trinajstić information content (AvgIpc) is 2.62. The SMILES string of the molecule is COC(=O)c1cc2c(cc1C(C)=O)oc(=O)n2C. The van der Waals surface area contributed by atoms with Gasteiger partial charge in [0.25, 0.3) is 0 Å². The van der Waals surface area contributed by atoms with E-state index in [0.717, 1.165) is 0 Å². The number of oxazole rings is 1. The van der Waals surface area contributed by atoms with Gasteiger partial charge in [0, 0.05) is 12.6 Å². The fraction of sp³-hybridized carbons (Fsp3) is 0.250. The molecular formula is C12H11NO5. The first-order valence-corrected chi connectivity index (χ1v) is 5.18. The molecule has 2 rings (SSSR count). The molecule has 6 nitrogen and oxygen atoms in total. The molecule has 0 saturated heterocycles. The minimum absolute atomic E-state index is 0.119. The van der Waals surface area contributed by atoms with Gasteiger partial charge in [0.15, 0.2) is 11.4 Å². The van der Waals surface area contributed by atoms with Gasteiger partial charge < -0.3 is 9.15 Å². The highest BCUT2D eigenvalue weighted by Gasteiger charge is 2.19. The summed E-state index contributed by atoms with van der Waals surface area (Å²) in [6, 6.07) is 2.80. The highest BCUT2D eigenvalue weighted by atomic mass is 16.5. The highest BCUT2D eigenvalue weighted by Crippen LogP contribution is 2.20. The van der Waals surface area contributed by atoms with Crippen LogP contribution < -0.4 is 5.76 Å². The van der Waals surface area contributed by atoms with Gasteiger partial charge in [0.05, 0.1) is 18.2 Å². The van der Waals surface area contributed by atoms with Crippen LogP contribution in [0.25, 0.3) is 11.1 Å². The van der Waals surface area contributed by atoms with Crippen molar-refractivity contribution in [2.75, 3.05) is 7.11 Å². The van der Waals surface area contributed by atoms with Crippen molar-refractivity contribution in [3.63, 3.8) is 0 Å². The zero-order valence-corrected chi connectivity index (χ0v) is 10.1. The number of carbonyl (C=O) groups is 2. The third-order valence-corrected chi connectivity index (χ3v) is 2.72. The summed E-state index contributed by atoms with van der Waals surface area (Å²) in [5, 5.41) is 0. The number of aromatic nitrogens is 1. The van der Waals surface area contributed by atoms with Gasteiger partial charge in [0.1, 0.15) is 0 Å². The molecule has 0 aliphatic rings. The molecule has 18 heavy (non-hydrogen) atoms. The van der Waals surface area contributed by atoms with E-state index in [4.69, 9.17) is 4.42 Å². The quantitative estimate of drug-likeness (QED) is 0.588. The molecule has 6 heteroatoms. The Kier molecular flexibility index (Phi) is 2.78. The molecule has 0 unspecified atom stereocenters. The first kappa shape index (κ1) is 12.1. The lowest BCUT2D eigenvalue weighted by Gasteiger charge is -2.05. The van der Waals surface area contributed by atoms with Gasteiger partial charge in [-0.2, -0.15) is 0 Å². The molecule has 0 bridgehead atoms. The van der Waals surface area contributed by atoms with Gasteiger partial charge in [-0.15, -0.1) is 0 Å². The first-order valence-electron chi connectivity index (χ1n) is 5.18. The second-order valence-corrected chi connectivity index (χ2v) is 3.84. The molecule has 94 valence electrons. The molecule has 0 spiro atoms. The van der Waals surface area contributed by atoms with Gasteiger partial charge in [0.2, 0.25) is 0 Å². The van der Waals surface area contributed by atoms with Crippen LogP contribution in [0.2, 0.25) is 0 Å². The Morgan fingerprint density at radius 3 is 2.50 bits per heavy atom. The molecule has 0 N–H and O–H groups in total. The number of rotatable bonds is 2. The third-order valence-electron chi connectivity index (χ3n) is 2.72. The highest BCUT2D eigenvalue weighted by molar-refractivity contribution is 6.08. The molecule has 1 aromatic heterocycles. The molecule has 0 atom stereocenters. The lowest BCUT2D eigenvalue weighted by molar-refractivity contribution is 0.0597. The van der Waals surface area contributed by atoms with Crippen molar-refractivity contribution in [1.82, 2.24) is 4.57 Å². The number of ketones is 1. The molecule has 0 aliphatic heterocycles. The molecule has 0 aliphatic carbocycles. The molecular weight excluding hydrogens is 238 g/mol. The zero-order chi connectivity index (χ0) is 13.4. The van der Waals surface area contributed by atoms with Crippen LogP contribution in [-0.4, -0.2) is 23.4 Å². The van der Waals surface area contributed by atoms with Crippen molar-refractivity contribution in [3.05, 3.63) is 33.8 Å². The van der Waals surface area contributed by atoms with E-state index < -0.39 is 11.7 Å². The maximum absolute atomic E-state index is 11.6. The average molecular weight is 249 g/mol. The lowest BCUT2D eigenvalue weighted by atomic mass is 10.0. The number of benzene rings is 1. The van der Waals surface area contributed by atoms with Crippen molar-refractivity contribution in [2.24, 2.45) is 7.05 Å². The zero-order valence-electron chi connectivity index (χ0n) is 10.1. The fourth-order valence-corrected chi connectivity index (χ4v) is 1.74. The number of aryl methyl sites for hydroxylation is 1. The molecule has 0 radical (unpaired) electrons. The van der Waals surface area contributed by atoms with Crippen molar-refractivity contribution in [2.45, 2.75) is 6.92 Å². The predicted octanol–water partition coefficient (Wildman–Crippen LogP) is 1.12. The summed E-state index contributed by atoms with van der Waals surface area (Å²) in [5.41, 5.74) is 0.989. The number of carbonyl (C=O) groups excluding carboxylic acids is 2. The van der Waals surface area contributed by atoms with Gasteiger partial charge in [-0.25, -0.2) is 9.59 Å². The van der Waals surface area contributed by atoms with E-state index in [0.29, 0.717) is 5.52 Å². The van der Waals surface area contributed by atoms with Crippen LogP contribution in [0.1, 0.15) is 27.6 Å². The predicted molar refractivity (Wildman–Crippen MR) is 62.8 cm³/mol. The smallest absolute Gasteiger partial charge is 0.419 e. The van der Waals surface area contributed by atoms with E-state index in [1.165, 1.54) is 37.8 Å². The van der Waals surface area contributed by atoms with Crippen LogP contribution in [0.5, 0.6) is 0 Å². The van der Waals surface area contributed by atoms with E-state index >= 15 is 0 Å². The molecule has 0 fully saturated rings. The Hall–Kier alpha value is -2.37. The van der Waals surface area contributed by atoms with Crippen LogP contribution in [0.4, 0.5) is 0 Å². The van der Waals surface area contributed by atoms with E-state index in [1.54, 1.807) is 0 Å². The van der Waals surface area contributed by atoms with E-state index in [-0.39, 0.29) is 22.5 Å². The van der Waals surface area contributed by atoms with E-state index in [1.807, 2.05) is 0 Å². The number of ether oxygens (including phenoxy) is 1. The Morgan fingerprint density at radius 1 is 1.28 bits per heavy atom. The summed E-state index contributed by atoms with van der Waals surface area (Å²) in [5.74, 6) is -1.49. The second-order valence-electron chi connectivity index (χ2n) is 3.84. The van der Waals surface area contributed by atoms with Crippen molar-refractivity contribution in [1.29, 1.82) is 0 Å². The second kappa shape index (κ2) is 4.14. The van der Waals surface area contributed by atoms with E-state index in [2.05, 4.69) is 4.74 Å². The largest absolute Gasteiger partial charge is 0.465 e. The summed E-state index contributed by atoms with van der Waals surface area (Å²) in [6.45, 7) is 1.33. The summed E-state index contributed by atoms with van der Waals surface area (Å²) in [7, 11) is 2.74. The number of nitrogens with zero attached hydrogens (tertiary/aromatic N) is 1. The van der Waals surface area contributed by atoms with Crippen LogP contribution >= 0.6 is 0 Å². The standard InChI is InChI=1S/C12H11NO5/c1-6(14)7-5-10-9(13(2)12(16)18-10)4-8(7)11(15)17-3/h4-5H,1-3H3. The molecule has 1 aromatic carbocycles. The minimum atomic E-state index is -0.629. The van der Waals surface area contributed by atoms with Gasteiger partial charge >= 0.3 is 11.7 Å². The number of Topliss-reactive ketones (excluding diaryl/α,β-unsaturated/α-hetero) is 1. The minimum Gasteiger partial charge on any atom is -0.465 e. The number of hydrogen-bond donors (Lipinski definition) is 0. The summed E-state index contributed by atoms with van der Waals surface area (Å²) >= 11 is 0. The Labute approximate surface area is 102 Å². The molecule has 2 aromatic rings. The maximum atomic E-state index is 11.6. The Morgan fingerprint density at radius 2 is 1.94 bits per heavy atom. The topological polar surface area (TPSA) is 78.5 Å². The summed E-state index contributed by atoms with van der Waals surface area (Å²) in [6.07, 6.45) is 0. The van der Waals surface area contributed by atoms with Gasteiger partial charge in [-0.05, 0) is 19.1 Å². The Balaban J connectivity index is 2.85. The third kappa shape index (κ3) is 1.71. The maximum Gasteiger partial charge on any atom is 0.419 e. The first-order chi connectivity index (χ1) is 8.45. The summed E-state index contributed by atoms with van der Waals surface area (Å²) < 4.78 is 10.8. The monoisotopic (exact) mass is 249 g/mol. The van der Waals surface area contributed by atoms with Crippen molar-refractivity contribution < 1.29 is 18.7 Å². The van der Waals surface area contributed by atoms with Crippen LogP contribution in [-0.2, 0) is 11.8 Å². The number of hydrogen-bond acceptors (Lipinski definition) is 5. The summed E-state index contributed by atoms with van der Waals surface area (Å²) in [4.78, 5) is 34.5. The van der Waals surface area contributed by atoms with Crippen molar-refractivity contribution in [3.8, 4) is 0 Å². The van der Waals surface area contributed by atoms with Crippen LogP contribution in [0, 0.1) is 0 Å². The number of methoxy groups -OCH3 is 1. The normalized spacial score (nSPS) is 10.6. The lowest BCUT2D eigenvalue weighted by Crippen LogP contribution is -2.10. The van der Waals surface area contributed by atoms with Crippen LogP contribution in [0.15, 0.2) is 21.3 Å². The Bertz CT molecular complexity index is 707. The van der Waals surface area contributed by atoms with Gasteiger partial charge in [-0.3, -0.25) is 9.36 Å². The number of fused-ring (bicyclic) bond motifs is 1. The number of esters is 1.